The first-order valence-corrected chi connectivity index (χ1v) is 9.59. The Labute approximate surface area is 161 Å². The normalized spacial score (nSPS) is 11.1. The molecule has 4 rings (SSSR count). The van der Waals surface area contributed by atoms with Gasteiger partial charge in [0.15, 0.2) is 11.0 Å². The van der Waals surface area contributed by atoms with Crippen molar-refractivity contribution in [2.24, 2.45) is 0 Å². The molecule has 1 aromatic carbocycles. The van der Waals surface area contributed by atoms with Crippen LogP contribution in [0.5, 0.6) is 0 Å². The van der Waals surface area contributed by atoms with Gasteiger partial charge in [-0.15, -0.1) is 10.2 Å². The zero-order chi connectivity index (χ0) is 18.8. The van der Waals surface area contributed by atoms with Crippen LogP contribution in [-0.2, 0) is 5.75 Å². The molecule has 0 radical (unpaired) electrons. The van der Waals surface area contributed by atoms with Crippen LogP contribution in [0, 0.1) is 20.8 Å². The molecule has 0 amide bonds. The fourth-order valence-corrected chi connectivity index (χ4v) is 3.60. The number of nitrogens with zero attached hydrogens (tertiary/aromatic N) is 5. The van der Waals surface area contributed by atoms with Crippen molar-refractivity contribution in [1.82, 2.24) is 24.7 Å². The van der Waals surface area contributed by atoms with E-state index in [1.807, 2.05) is 38.1 Å². The third-order valence-corrected chi connectivity index (χ3v) is 5.24. The molecule has 0 aliphatic heterocycles. The van der Waals surface area contributed by atoms with Crippen LogP contribution in [0.2, 0.25) is 0 Å². The molecule has 0 unspecified atom stereocenters. The summed E-state index contributed by atoms with van der Waals surface area (Å²) in [5.41, 5.74) is 4.09. The van der Waals surface area contributed by atoms with Gasteiger partial charge < -0.3 is 4.42 Å². The smallest absolute Gasteiger partial charge is 0.205 e. The van der Waals surface area contributed by atoms with Crippen LogP contribution in [0.3, 0.4) is 0 Å². The summed E-state index contributed by atoms with van der Waals surface area (Å²) in [6.07, 6.45) is 3.52. The molecule has 6 nitrogen and oxygen atoms in total. The Morgan fingerprint density at radius 3 is 2.48 bits per heavy atom. The maximum atomic E-state index is 5.70. The van der Waals surface area contributed by atoms with E-state index in [1.165, 1.54) is 0 Å². The number of rotatable bonds is 5. The largest absolute Gasteiger partial charge is 0.445 e. The van der Waals surface area contributed by atoms with Gasteiger partial charge in [-0.2, -0.15) is 0 Å². The summed E-state index contributed by atoms with van der Waals surface area (Å²) in [4.78, 5) is 8.56. The number of pyridine rings is 1. The van der Waals surface area contributed by atoms with Crippen molar-refractivity contribution in [3.63, 3.8) is 0 Å². The Bertz CT molecular complexity index is 1050. The van der Waals surface area contributed by atoms with E-state index >= 15 is 0 Å². The molecule has 0 atom stereocenters. The van der Waals surface area contributed by atoms with E-state index in [0.29, 0.717) is 11.6 Å². The molecule has 3 heterocycles. The predicted octanol–water partition coefficient (Wildman–Crippen LogP) is 4.53. The summed E-state index contributed by atoms with van der Waals surface area (Å²) >= 11 is 1.56. The molecule has 0 fully saturated rings. The molecule has 0 saturated carbocycles. The van der Waals surface area contributed by atoms with Crippen molar-refractivity contribution in [3.8, 4) is 17.1 Å². The van der Waals surface area contributed by atoms with E-state index < -0.39 is 0 Å². The Morgan fingerprint density at radius 2 is 1.78 bits per heavy atom. The van der Waals surface area contributed by atoms with Gasteiger partial charge in [0, 0.05) is 18.0 Å². The Morgan fingerprint density at radius 1 is 1.00 bits per heavy atom. The number of aryl methyl sites for hydroxylation is 3. The first-order chi connectivity index (χ1) is 13.1. The zero-order valence-electron chi connectivity index (χ0n) is 15.4. The zero-order valence-corrected chi connectivity index (χ0v) is 16.2. The van der Waals surface area contributed by atoms with Crippen molar-refractivity contribution in [1.29, 1.82) is 0 Å². The molecule has 136 valence electrons. The molecule has 0 saturated heterocycles. The van der Waals surface area contributed by atoms with Crippen molar-refractivity contribution in [2.75, 3.05) is 0 Å². The maximum Gasteiger partial charge on any atom is 0.205 e. The Hall–Kier alpha value is -2.93. The lowest BCUT2D eigenvalue weighted by Gasteiger charge is -2.12. The van der Waals surface area contributed by atoms with E-state index in [-0.39, 0.29) is 0 Å². The third-order valence-electron chi connectivity index (χ3n) is 4.33. The van der Waals surface area contributed by atoms with Crippen LogP contribution in [0.1, 0.15) is 22.9 Å². The predicted molar refractivity (Wildman–Crippen MR) is 105 cm³/mol. The highest BCUT2D eigenvalue weighted by atomic mass is 32.2. The average Bonchev–Trinajstić information content (AvgIpc) is 3.24. The second kappa shape index (κ2) is 7.36. The molecule has 7 heteroatoms. The lowest BCUT2D eigenvalue weighted by atomic mass is 10.2. The first kappa shape index (κ1) is 17.5. The number of hydrogen-bond acceptors (Lipinski definition) is 6. The molecular formula is C20H19N5OS. The van der Waals surface area contributed by atoms with Gasteiger partial charge in [0.05, 0.1) is 17.1 Å². The van der Waals surface area contributed by atoms with Gasteiger partial charge in [-0.25, -0.2) is 4.98 Å². The average molecular weight is 377 g/mol. The molecule has 27 heavy (non-hydrogen) atoms. The first-order valence-electron chi connectivity index (χ1n) is 8.61. The summed E-state index contributed by atoms with van der Waals surface area (Å²) in [6.45, 7) is 5.96. The number of hydrogen-bond donors (Lipinski definition) is 0. The summed E-state index contributed by atoms with van der Waals surface area (Å²) in [7, 11) is 0. The molecule has 4 aromatic rings. The van der Waals surface area contributed by atoms with Crippen LogP contribution in [0.25, 0.3) is 17.1 Å². The quantitative estimate of drug-likeness (QED) is 0.476. The van der Waals surface area contributed by atoms with E-state index in [4.69, 9.17) is 4.42 Å². The summed E-state index contributed by atoms with van der Waals surface area (Å²) < 4.78 is 7.78. The number of benzene rings is 1. The Kier molecular flexibility index (Phi) is 4.77. The van der Waals surface area contributed by atoms with E-state index in [9.17, 15) is 0 Å². The van der Waals surface area contributed by atoms with Gasteiger partial charge in [-0.1, -0.05) is 30.0 Å². The summed E-state index contributed by atoms with van der Waals surface area (Å²) in [5.74, 6) is 2.92. The lowest BCUT2D eigenvalue weighted by molar-refractivity contribution is 0.489. The number of oxazole rings is 1. The van der Waals surface area contributed by atoms with Crippen molar-refractivity contribution in [3.05, 3.63) is 71.7 Å². The third kappa shape index (κ3) is 3.50. The molecular weight excluding hydrogens is 358 g/mol. The van der Waals surface area contributed by atoms with Gasteiger partial charge in [-0.3, -0.25) is 9.55 Å². The van der Waals surface area contributed by atoms with Crippen LogP contribution >= 0.6 is 11.8 Å². The van der Waals surface area contributed by atoms with E-state index in [2.05, 4.69) is 43.8 Å². The fourth-order valence-electron chi connectivity index (χ4n) is 2.81. The molecule has 0 aliphatic carbocycles. The van der Waals surface area contributed by atoms with Gasteiger partial charge in [0.2, 0.25) is 5.89 Å². The van der Waals surface area contributed by atoms with Gasteiger partial charge >= 0.3 is 0 Å². The Balaban J connectivity index is 1.75. The standard InChI is InChI=1S/C20H19N5OS/c1-13-6-4-5-7-17(13)25-19(16-8-10-21-11-9-16)23-24-20(25)27-12-18-22-14(2)15(3)26-18/h4-11H,12H2,1-3H3. The van der Waals surface area contributed by atoms with Crippen molar-refractivity contribution < 1.29 is 4.42 Å². The summed E-state index contributed by atoms with van der Waals surface area (Å²) in [5, 5.41) is 9.69. The number of thioether (sulfide) groups is 1. The molecule has 0 spiro atoms. The minimum absolute atomic E-state index is 0.592. The van der Waals surface area contributed by atoms with Crippen LogP contribution in [0.4, 0.5) is 0 Å². The lowest BCUT2D eigenvalue weighted by Crippen LogP contribution is -2.02. The molecule has 0 bridgehead atoms. The van der Waals surface area contributed by atoms with Crippen molar-refractivity contribution in [2.45, 2.75) is 31.7 Å². The molecule has 0 N–H and O–H groups in total. The topological polar surface area (TPSA) is 69.6 Å². The van der Waals surface area contributed by atoms with E-state index in [0.717, 1.165) is 39.2 Å². The highest BCUT2D eigenvalue weighted by molar-refractivity contribution is 7.98. The molecule has 3 aromatic heterocycles. The van der Waals surface area contributed by atoms with Crippen LogP contribution in [-0.4, -0.2) is 24.7 Å². The van der Waals surface area contributed by atoms with Crippen LogP contribution in [0.15, 0.2) is 58.4 Å². The van der Waals surface area contributed by atoms with E-state index in [1.54, 1.807) is 24.2 Å². The molecule has 0 aliphatic rings. The maximum absolute atomic E-state index is 5.70. The van der Waals surface area contributed by atoms with Gasteiger partial charge in [0.25, 0.3) is 0 Å². The minimum atomic E-state index is 0.592. The summed E-state index contributed by atoms with van der Waals surface area (Å²) in [6, 6.07) is 12.1. The number of para-hydroxylation sites is 1. The fraction of sp³-hybridized carbons (Fsp3) is 0.200. The SMILES string of the molecule is Cc1ccccc1-n1c(SCc2nc(C)c(C)o2)nnc1-c1ccncc1. The second-order valence-corrected chi connectivity index (χ2v) is 7.14. The van der Waals surface area contributed by atoms with Gasteiger partial charge in [-0.05, 0) is 44.5 Å². The second-order valence-electron chi connectivity index (χ2n) is 6.20. The van der Waals surface area contributed by atoms with Crippen molar-refractivity contribution >= 4 is 11.8 Å². The van der Waals surface area contributed by atoms with Gasteiger partial charge in [0.1, 0.15) is 5.76 Å². The monoisotopic (exact) mass is 377 g/mol. The van der Waals surface area contributed by atoms with Crippen LogP contribution < -0.4 is 0 Å². The minimum Gasteiger partial charge on any atom is -0.445 e. The highest BCUT2D eigenvalue weighted by Crippen LogP contribution is 2.30. The highest BCUT2D eigenvalue weighted by Gasteiger charge is 2.18. The number of aromatic nitrogens is 5.